The van der Waals surface area contributed by atoms with E-state index < -0.39 is 35.4 Å². The second kappa shape index (κ2) is 4.34. The summed E-state index contributed by atoms with van der Waals surface area (Å²) in [5.74, 6) is 0. The van der Waals surface area contributed by atoms with Crippen LogP contribution in [0.4, 0.5) is 8.78 Å². The summed E-state index contributed by atoms with van der Waals surface area (Å²) in [5, 5.41) is 20.5. The van der Waals surface area contributed by atoms with Gasteiger partial charge in [-0.15, -0.1) is 11.8 Å². The molecule has 0 saturated carbocycles. The summed E-state index contributed by atoms with van der Waals surface area (Å²) in [4.78, 5) is 3.96. The molecule has 0 amide bonds. The summed E-state index contributed by atoms with van der Waals surface area (Å²) < 4.78 is 30.4. The van der Waals surface area contributed by atoms with E-state index in [1.165, 1.54) is 0 Å². The van der Waals surface area contributed by atoms with Crippen LogP contribution in [0.3, 0.4) is 0 Å². The molecule has 4 unspecified atom stereocenters. The van der Waals surface area contributed by atoms with Gasteiger partial charge in [0.15, 0.2) is 5.44 Å². The van der Waals surface area contributed by atoms with Gasteiger partial charge in [0.2, 0.25) is 0 Å². The summed E-state index contributed by atoms with van der Waals surface area (Å²) in [6, 6.07) is -0.499. The van der Waals surface area contributed by atoms with Crippen molar-refractivity contribution in [1.29, 1.82) is 0 Å². The van der Waals surface area contributed by atoms with Crippen LogP contribution in [0, 0.1) is 0 Å². The normalized spacial score (nSPS) is 42.6. The van der Waals surface area contributed by atoms with Gasteiger partial charge < -0.3 is 20.3 Å². The molecule has 0 spiro atoms. The van der Waals surface area contributed by atoms with Crippen LogP contribution in [-0.4, -0.2) is 58.6 Å². The lowest BCUT2D eigenvalue weighted by Crippen LogP contribution is -2.53. The summed E-state index contributed by atoms with van der Waals surface area (Å²) >= 11 is 0.804. The maximum atomic E-state index is 12.6. The zero-order valence-corrected chi connectivity index (χ0v) is 9.19. The minimum Gasteiger partial charge on any atom is -0.448 e. The second-order valence-corrected chi connectivity index (χ2v) is 4.86. The number of alkyl halides is 2. The monoisotopic (exact) mass is 254 g/mol. The number of nitrogens with one attached hydrogen (secondary N) is 1. The van der Waals surface area contributed by atoms with E-state index in [0.717, 1.165) is 11.8 Å². The van der Waals surface area contributed by atoms with Gasteiger partial charge in [0.1, 0.15) is 12.1 Å². The van der Waals surface area contributed by atoms with Crippen molar-refractivity contribution in [3.8, 4) is 0 Å². The number of fused-ring (bicyclic) bond motifs is 1. The van der Waals surface area contributed by atoms with E-state index in [1.807, 2.05) is 0 Å². The highest BCUT2D eigenvalue weighted by Crippen LogP contribution is 2.40. The molecule has 0 aromatic carbocycles. The van der Waals surface area contributed by atoms with Gasteiger partial charge >= 0.3 is 0 Å². The number of aliphatic hydroxyl groups excluding tert-OH is 2. The smallest absolute Gasteiger partial charge is 0.286 e. The highest BCUT2D eigenvalue weighted by atomic mass is 32.2. The van der Waals surface area contributed by atoms with E-state index in [9.17, 15) is 19.0 Å². The molecule has 2 aliphatic rings. The van der Waals surface area contributed by atoms with Gasteiger partial charge in [0, 0.05) is 7.05 Å². The molecule has 5 nitrogen and oxygen atoms in total. The van der Waals surface area contributed by atoms with Gasteiger partial charge in [0.25, 0.3) is 12.4 Å². The lowest BCUT2D eigenvalue weighted by Gasteiger charge is -2.36. The fourth-order valence-corrected chi connectivity index (χ4v) is 3.00. The third kappa shape index (κ3) is 1.85. The Morgan fingerprint density at radius 3 is 2.69 bits per heavy atom. The molecule has 0 bridgehead atoms. The van der Waals surface area contributed by atoms with Crippen molar-refractivity contribution >= 4 is 17.8 Å². The molecule has 2 rings (SSSR count). The second-order valence-electron chi connectivity index (χ2n) is 3.58. The third-order valence-corrected chi connectivity index (χ3v) is 4.01. The van der Waals surface area contributed by atoms with Crippen LogP contribution in [0.1, 0.15) is 0 Å². The average Bonchev–Trinajstić information content (AvgIpc) is 2.66. The van der Waals surface area contributed by atoms with Crippen molar-refractivity contribution in [3.05, 3.63) is 0 Å². The molecule has 0 aromatic heterocycles. The minimum absolute atomic E-state index is 0.198. The number of hydrogen-bond donors (Lipinski definition) is 3. The predicted octanol–water partition coefficient (Wildman–Crippen LogP) is -0.611. The summed E-state index contributed by atoms with van der Waals surface area (Å²) in [5.41, 5.74) is -0.667. The first kappa shape index (κ1) is 11.9. The number of nitrogens with zero attached hydrogens (tertiary/aromatic N) is 1. The third-order valence-electron chi connectivity index (χ3n) is 2.56. The Kier molecular flexibility index (Phi) is 3.22. The molecule has 2 heterocycles. The molecule has 16 heavy (non-hydrogen) atoms. The Hall–Kier alpha value is -0.600. The van der Waals surface area contributed by atoms with Crippen molar-refractivity contribution in [3.63, 3.8) is 0 Å². The first-order valence-electron chi connectivity index (χ1n) is 4.76. The zero-order valence-electron chi connectivity index (χ0n) is 8.38. The number of thioether (sulfide) groups is 1. The molecule has 8 heteroatoms. The standard InChI is InChI=1S/C8H12F2N2O3S/c1-11-8-12-2-3(13)4(14)5(6(9)10)16-7(2)15-8/h2-7,13-14H,1H3,(H,11,12)/t2?,3?,4?,5?,7-/m1/s1. The first-order valence-corrected chi connectivity index (χ1v) is 5.71. The topological polar surface area (TPSA) is 74.1 Å². The number of aliphatic imine (C=N–C) groups is 1. The van der Waals surface area contributed by atoms with Crippen molar-refractivity contribution in [2.45, 2.75) is 35.4 Å². The Bertz CT molecular complexity index is 305. The van der Waals surface area contributed by atoms with Gasteiger partial charge in [-0.25, -0.2) is 13.8 Å². The molecule has 1 fully saturated rings. The van der Waals surface area contributed by atoms with Crippen molar-refractivity contribution in [2.24, 2.45) is 4.99 Å². The SMILES string of the molecule is CNC1=NC2C(O)C(O)C(C(F)F)S[C@H]2O1. The van der Waals surface area contributed by atoms with Gasteiger partial charge in [0.05, 0.1) is 11.4 Å². The highest BCUT2D eigenvalue weighted by molar-refractivity contribution is 8.00. The van der Waals surface area contributed by atoms with E-state index in [1.54, 1.807) is 7.05 Å². The number of aliphatic hydroxyl groups is 2. The molecular formula is C8H12F2N2O3S. The van der Waals surface area contributed by atoms with Crippen LogP contribution in [-0.2, 0) is 4.74 Å². The maximum absolute atomic E-state index is 12.6. The van der Waals surface area contributed by atoms with Crippen LogP contribution in [0.5, 0.6) is 0 Å². The van der Waals surface area contributed by atoms with Gasteiger partial charge in [-0.1, -0.05) is 0 Å². The fraction of sp³-hybridized carbons (Fsp3) is 0.875. The number of rotatable bonds is 1. The van der Waals surface area contributed by atoms with Crippen molar-refractivity contribution in [2.75, 3.05) is 7.05 Å². The van der Waals surface area contributed by atoms with E-state index in [-0.39, 0.29) is 6.02 Å². The number of amidine groups is 1. The van der Waals surface area contributed by atoms with Crippen LogP contribution in [0.25, 0.3) is 0 Å². The average molecular weight is 254 g/mol. The molecule has 5 atom stereocenters. The van der Waals surface area contributed by atoms with Crippen LogP contribution < -0.4 is 5.32 Å². The van der Waals surface area contributed by atoms with Gasteiger partial charge in [-0.05, 0) is 0 Å². The molecule has 0 radical (unpaired) electrons. The Labute approximate surface area is 94.9 Å². The Morgan fingerprint density at radius 2 is 2.12 bits per heavy atom. The first-order chi connectivity index (χ1) is 7.54. The molecule has 1 saturated heterocycles. The number of ether oxygens (including phenoxy) is 1. The summed E-state index contributed by atoms with van der Waals surface area (Å²) in [6.07, 6.45) is -5.52. The zero-order chi connectivity index (χ0) is 11.9. The summed E-state index contributed by atoms with van der Waals surface area (Å²) in [6.45, 7) is 0. The van der Waals surface area contributed by atoms with Crippen LogP contribution in [0.2, 0.25) is 0 Å². The fourth-order valence-electron chi connectivity index (χ4n) is 1.72. The molecule has 0 aliphatic carbocycles. The van der Waals surface area contributed by atoms with E-state index >= 15 is 0 Å². The molecule has 3 N–H and O–H groups in total. The van der Waals surface area contributed by atoms with E-state index in [4.69, 9.17) is 4.74 Å². The lowest BCUT2D eigenvalue weighted by atomic mass is 10.0. The molecule has 0 aromatic rings. The maximum Gasteiger partial charge on any atom is 0.286 e. The van der Waals surface area contributed by atoms with Crippen LogP contribution in [0.15, 0.2) is 4.99 Å². The quantitative estimate of drug-likeness (QED) is 0.582. The Balaban J connectivity index is 2.14. The molecular weight excluding hydrogens is 242 g/mol. The van der Waals surface area contributed by atoms with E-state index in [2.05, 4.69) is 10.3 Å². The number of halogens is 2. The lowest BCUT2D eigenvalue weighted by molar-refractivity contribution is -0.0386. The van der Waals surface area contributed by atoms with Gasteiger partial charge in [-0.2, -0.15) is 0 Å². The highest BCUT2D eigenvalue weighted by Gasteiger charge is 2.51. The number of hydrogen-bond acceptors (Lipinski definition) is 6. The van der Waals surface area contributed by atoms with Gasteiger partial charge in [-0.3, -0.25) is 0 Å². The molecule has 2 aliphatic heterocycles. The van der Waals surface area contributed by atoms with Crippen molar-refractivity contribution in [1.82, 2.24) is 5.32 Å². The molecule has 92 valence electrons. The van der Waals surface area contributed by atoms with E-state index in [0.29, 0.717) is 0 Å². The predicted molar refractivity (Wildman–Crippen MR) is 54.6 cm³/mol. The Morgan fingerprint density at radius 1 is 1.44 bits per heavy atom. The van der Waals surface area contributed by atoms with Crippen LogP contribution >= 0.6 is 11.8 Å². The minimum atomic E-state index is -2.71. The summed E-state index contributed by atoms with van der Waals surface area (Å²) in [7, 11) is 1.58. The van der Waals surface area contributed by atoms with Crippen molar-refractivity contribution < 1.29 is 23.7 Å². The largest absolute Gasteiger partial charge is 0.448 e.